The first-order valence-corrected chi connectivity index (χ1v) is 5.53. The highest BCUT2D eigenvalue weighted by Gasteiger charge is 2.27. The van der Waals surface area contributed by atoms with E-state index in [2.05, 4.69) is 6.58 Å². The van der Waals surface area contributed by atoms with Gasteiger partial charge in [0, 0.05) is 19.8 Å². The summed E-state index contributed by atoms with van der Waals surface area (Å²) in [6.07, 6.45) is 1.14. The summed E-state index contributed by atoms with van der Waals surface area (Å²) in [6, 6.07) is 0. The van der Waals surface area contributed by atoms with E-state index in [0.29, 0.717) is 5.57 Å². The van der Waals surface area contributed by atoms with Crippen LogP contribution in [0.15, 0.2) is 12.2 Å². The molecule has 0 aliphatic heterocycles. The van der Waals surface area contributed by atoms with Crippen molar-refractivity contribution < 1.29 is 14.3 Å². The molecule has 0 bridgehead atoms. The van der Waals surface area contributed by atoms with Crippen molar-refractivity contribution in [3.63, 3.8) is 0 Å². The van der Waals surface area contributed by atoms with Crippen molar-refractivity contribution in [3.05, 3.63) is 12.2 Å². The molecule has 0 rings (SSSR count). The minimum absolute atomic E-state index is 0.130. The highest BCUT2D eigenvalue weighted by atomic mass is 16.5. The third-order valence-corrected chi connectivity index (χ3v) is 2.45. The molecule has 0 radical (unpaired) electrons. The fraction of sp³-hybridized carbons (Fsp3) is 0.750. The Hall–Kier alpha value is -0.870. The average molecular weight is 229 g/mol. The topological polar surface area (TPSA) is 38.8 Å². The number of carbonyl (C=O) groups is 1. The minimum Gasteiger partial charge on any atom is -0.362 e. The second-order valence-electron chi connectivity index (χ2n) is 3.81. The molecule has 1 amide bonds. The van der Waals surface area contributed by atoms with Crippen LogP contribution in [0.4, 0.5) is 0 Å². The summed E-state index contributed by atoms with van der Waals surface area (Å²) in [5.41, 5.74) is 0.488. The molecule has 94 valence electrons. The lowest BCUT2D eigenvalue weighted by atomic mass is 10.2. The zero-order valence-electron chi connectivity index (χ0n) is 10.9. The van der Waals surface area contributed by atoms with Crippen LogP contribution in [0.25, 0.3) is 0 Å². The van der Waals surface area contributed by atoms with Crippen LogP contribution in [-0.4, -0.2) is 37.5 Å². The first kappa shape index (κ1) is 15.1. The lowest BCUT2D eigenvalue weighted by molar-refractivity contribution is -0.163. The Morgan fingerprint density at radius 2 is 1.94 bits per heavy atom. The number of ether oxygens (including phenoxy) is 2. The molecular formula is C12H23NO3. The Kier molecular flexibility index (Phi) is 7.01. The van der Waals surface area contributed by atoms with Crippen molar-refractivity contribution in [1.82, 2.24) is 4.90 Å². The molecule has 2 atom stereocenters. The van der Waals surface area contributed by atoms with Crippen molar-refractivity contribution in [2.45, 2.75) is 46.1 Å². The molecule has 0 spiro atoms. The standard InChI is InChI=1S/C12H23NO3/c1-7-8-11(16-6)13(10(4)15-5)12(14)9(2)3/h10-11H,2,7-8H2,1,3-6H3. The van der Waals surface area contributed by atoms with Crippen LogP contribution in [0, 0.1) is 0 Å². The van der Waals surface area contributed by atoms with Crippen molar-refractivity contribution in [2.75, 3.05) is 14.2 Å². The molecule has 0 heterocycles. The van der Waals surface area contributed by atoms with E-state index in [1.165, 1.54) is 0 Å². The number of rotatable bonds is 7. The maximum absolute atomic E-state index is 12.0. The molecule has 16 heavy (non-hydrogen) atoms. The Balaban J connectivity index is 4.89. The lowest BCUT2D eigenvalue weighted by Gasteiger charge is -2.34. The largest absolute Gasteiger partial charge is 0.362 e. The molecule has 0 aromatic heterocycles. The Bertz CT molecular complexity index is 240. The van der Waals surface area contributed by atoms with E-state index in [0.717, 1.165) is 12.8 Å². The summed E-state index contributed by atoms with van der Waals surface area (Å²) in [5.74, 6) is -0.130. The Morgan fingerprint density at radius 1 is 1.38 bits per heavy atom. The van der Waals surface area contributed by atoms with E-state index in [1.54, 1.807) is 26.0 Å². The first-order chi connectivity index (χ1) is 7.49. The quantitative estimate of drug-likeness (QED) is 0.496. The van der Waals surface area contributed by atoms with Gasteiger partial charge in [-0.3, -0.25) is 9.69 Å². The summed E-state index contributed by atoms with van der Waals surface area (Å²) in [5, 5.41) is 0. The van der Waals surface area contributed by atoms with Crippen LogP contribution in [0.1, 0.15) is 33.6 Å². The number of hydrogen-bond donors (Lipinski definition) is 0. The maximum atomic E-state index is 12.0. The summed E-state index contributed by atoms with van der Waals surface area (Å²) in [6.45, 7) is 9.23. The number of amides is 1. The molecule has 0 aliphatic carbocycles. The van der Waals surface area contributed by atoms with Crippen molar-refractivity contribution in [2.24, 2.45) is 0 Å². The van der Waals surface area contributed by atoms with Crippen molar-refractivity contribution >= 4 is 5.91 Å². The van der Waals surface area contributed by atoms with Crippen LogP contribution in [0.3, 0.4) is 0 Å². The van der Waals surface area contributed by atoms with Crippen molar-refractivity contribution in [3.8, 4) is 0 Å². The Morgan fingerprint density at radius 3 is 2.25 bits per heavy atom. The maximum Gasteiger partial charge on any atom is 0.252 e. The number of nitrogens with zero attached hydrogens (tertiary/aromatic N) is 1. The summed E-state index contributed by atoms with van der Waals surface area (Å²) in [7, 11) is 3.17. The molecule has 0 aromatic carbocycles. The van der Waals surface area contributed by atoms with Gasteiger partial charge in [0.25, 0.3) is 5.91 Å². The van der Waals surface area contributed by atoms with Gasteiger partial charge in [0.05, 0.1) is 0 Å². The first-order valence-electron chi connectivity index (χ1n) is 5.53. The van der Waals surface area contributed by atoms with Crippen LogP contribution in [0.5, 0.6) is 0 Å². The zero-order chi connectivity index (χ0) is 12.7. The fourth-order valence-electron chi connectivity index (χ4n) is 1.48. The number of carbonyl (C=O) groups excluding carboxylic acids is 1. The molecule has 4 nitrogen and oxygen atoms in total. The molecule has 2 unspecified atom stereocenters. The highest BCUT2D eigenvalue weighted by molar-refractivity contribution is 5.92. The van der Waals surface area contributed by atoms with Crippen LogP contribution in [0.2, 0.25) is 0 Å². The van der Waals surface area contributed by atoms with E-state index in [9.17, 15) is 4.79 Å². The number of methoxy groups -OCH3 is 2. The molecule has 0 saturated carbocycles. The van der Waals surface area contributed by atoms with Crippen LogP contribution >= 0.6 is 0 Å². The molecule has 4 heteroatoms. The molecule has 0 N–H and O–H groups in total. The monoisotopic (exact) mass is 229 g/mol. The van der Waals surface area contributed by atoms with E-state index >= 15 is 0 Å². The van der Waals surface area contributed by atoms with E-state index in [-0.39, 0.29) is 18.4 Å². The zero-order valence-corrected chi connectivity index (χ0v) is 10.9. The summed E-state index contributed by atoms with van der Waals surface area (Å²) < 4.78 is 10.5. The van der Waals surface area contributed by atoms with Gasteiger partial charge in [-0.25, -0.2) is 0 Å². The van der Waals surface area contributed by atoms with E-state index in [1.807, 2.05) is 13.8 Å². The molecule has 0 saturated heterocycles. The number of hydrogen-bond acceptors (Lipinski definition) is 3. The van der Waals surface area contributed by atoms with Gasteiger partial charge < -0.3 is 9.47 Å². The van der Waals surface area contributed by atoms with Crippen LogP contribution < -0.4 is 0 Å². The summed E-state index contributed by atoms with van der Waals surface area (Å²) >= 11 is 0. The van der Waals surface area contributed by atoms with Crippen molar-refractivity contribution in [1.29, 1.82) is 0 Å². The molecule has 0 aromatic rings. The predicted octanol–water partition coefficient (Wildman–Crippen LogP) is 2.16. The van der Waals surface area contributed by atoms with Gasteiger partial charge in [0.15, 0.2) is 0 Å². The van der Waals surface area contributed by atoms with E-state index in [4.69, 9.17) is 9.47 Å². The van der Waals surface area contributed by atoms with Gasteiger partial charge in [-0.2, -0.15) is 0 Å². The average Bonchev–Trinajstić information content (AvgIpc) is 2.27. The minimum atomic E-state index is -0.319. The smallest absolute Gasteiger partial charge is 0.252 e. The fourth-order valence-corrected chi connectivity index (χ4v) is 1.48. The predicted molar refractivity (Wildman–Crippen MR) is 63.8 cm³/mol. The molecule has 0 aliphatic rings. The van der Waals surface area contributed by atoms with Gasteiger partial charge in [0.2, 0.25) is 0 Å². The van der Waals surface area contributed by atoms with E-state index < -0.39 is 0 Å². The van der Waals surface area contributed by atoms with Gasteiger partial charge in [0.1, 0.15) is 12.5 Å². The SMILES string of the molecule is C=C(C)C(=O)N(C(C)OC)C(CCC)OC. The third-order valence-electron chi connectivity index (χ3n) is 2.45. The van der Waals surface area contributed by atoms with Gasteiger partial charge in [-0.05, 0) is 20.3 Å². The lowest BCUT2D eigenvalue weighted by Crippen LogP contribution is -2.48. The van der Waals surface area contributed by atoms with Gasteiger partial charge in [-0.15, -0.1) is 0 Å². The summed E-state index contributed by atoms with van der Waals surface area (Å²) in [4.78, 5) is 13.6. The second kappa shape index (κ2) is 7.41. The van der Waals surface area contributed by atoms with Gasteiger partial charge >= 0.3 is 0 Å². The third kappa shape index (κ3) is 3.94. The van der Waals surface area contributed by atoms with Gasteiger partial charge in [-0.1, -0.05) is 19.9 Å². The highest BCUT2D eigenvalue weighted by Crippen LogP contribution is 2.15. The second-order valence-corrected chi connectivity index (χ2v) is 3.81. The molecule has 0 fully saturated rings. The van der Waals surface area contributed by atoms with Crippen LogP contribution in [-0.2, 0) is 14.3 Å². The Labute approximate surface area is 98.2 Å². The normalized spacial score (nSPS) is 14.3. The molecular weight excluding hydrogens is 206 g/mol.